The van der Waals surface area contributed by atoms with E-state index in [1.165, 1.54) is 16.7 Å². The monoisotopic (exact) mass is 254 g/mol. The van der Waals surface area contributed by atoms with Gasteiger partial charge in [0, 0.05) is 20.6 Å². The first kappa shape index (κ1) is 14.0. The number of rotatable bonds is 4. The third-order valence-electron chi connectivity index (χ3n) is 2.70. The van der Waals surface area contributed by atoms with Crippen LogP contribution >= 0.6 is 0 Å². The van der Waals surface area contributed by atoms with E-state index < -0.39 is 0 Å². The Hall–Kier alpha value is -2.05. The molecule has 0 fully saturated rings. The summed E-state index contributed by atoms with van der Waals surface area (Å²) in [5, 5.41) is 4.08. The maximum Gasteiger partial charge on any atom is 0.307 e. The Morgan fingerprint density at radius 1 is 1.50 bits per heavy atom. The van der Waals surface area contributed by atoms with Gasteiger partial charge in [-0.2, -0.15) is 5.10 Å². The smallest absolute Gasteiger partial charge is 0.307 e. The molecular weight excluding hydrogens is 236 g/mol. The van der Waals surface area contributed by atoms with E-state index in [0.29, 0.717) is 17.1 Å². The second kappa shape index (κ2) is 5.52. The standard InChI is InChI=1S/C11H18N4O3/c1-7-9(12)10(15(3)13-7)11(17)14(2)6-5-8(16)18-4/h5-6,12H2,1-4H3. The van der Waals surface area contributed by atoms with Gasteiger partial charge in [0.05, 0.1) is 24.9 Å². The number of nitrogens with two attached hydrogens (primary N) is 1. The number of hydrogen-bond acceptors (Lipinski definition) is 5. The number of amides is 1. The van der Waals surface area contributed by atoms with Crippen LogP contribution in [0, 0.1) is 6.92 Å². The number of nitrogen functional groups attached to an aromatic ring is 1. The molecule has 0 aliphatic carbocycles. The molecule has 1 heterocycles. The highest BCUT2D eigenvalue weighted by Gasteiger charge is 2.21. The number of aryl methyl sites for hydroxylation is 2. The lowest BCUT2D eigenvalue weighted by Gasteiger charge is -2.16. The minimum atomic E-state index is -0.358. The van der Waals surface area contributed by atoms with Crippen molar-refractivity contribution in [2.24, 2.45) is 7.05 Å². The van der Waals surface area contributed by atoms with Crippen LogP contribution in [0.25, 0.3) is 0 Å². The molecule has 0 spiro atoms. The largest absolute Gasteiger partial charge is 0.469 e. The third-order valence-corrected chi connectivity index (χ3v) is 2.70. The normalized spacial score (nSPS) is 10.2. The summed E-state index contributed by atoms with van der Waals surface area (Å²) in [6.07, 6.45) is 0.148. The number of anilines is 1. The SMILES string of the molecule is COC(=O)CCN(C)C(=O)c1c(N)c(C)nn1C. The van der Waals surface area contributed by atoms with Crippen LogP contribution in [-0.4, -0.2) is 47.3 Å². The molecule has 0 aliphatic rings. The Balaban J connectivity index is 2.77. The fourth-order valence-electron chi connectivity index (χ4n) is 1.57. The Kier molecular flexibility index (Phi) is 4.30. The lowest BCUT2D eigenvalue weighted by atomic mass is 10.2. The number of aromatic nitrogens is 2. The van der Waals surface area contributed by atoms with Crippen molar-refractivity contribution in [3.05, 3.63) is 11.4 Å². The summed E-state index contributed by atoms with van der Waals surface area (Å²) < 4.78 is 5.96. The van der Waals surface area contributed by atoms with Crippen molar-refractivity contribution in [1.82, 2.24) is 14.7 Å². The van der Waals surface area contributed by atoms with Crippen LogP contribution in [-0.2, 0) is 16.6 Å². The van der Waals surface area contributed by atoms with Crippen molar-refractivity contribution < 1.29 is 14.3 Å². The Morgan fingerprint density at radius 2 is 2.11 bits per heavy atom. The summed E-state index contributed by atoms with van der Waals surface area (Å²) >= 11 is 0. The fourth-order valence-corrected chi connectivity index (χ4v) is 1.57. The summed E-state index contributed by atoms with van der Waals surface area (Å²) in [5.74, 6) is -0.622. The van der Waals surface area contributed by atoms with Gasteiger partial charge in [-0.05, 0) is 6.92 Å². The quantitative estimate of drug-likeness (QED) is 0.760. The van der Waals surface area contributed by atoms with Gasteiger partial charge in [-0.3, -0.25) is 14.3 Å². The first-order chi connectivity index (χ1) is 8.38. The van der Waals surface area contributed by atoms with Gasteiger partial charge < -0.3 is 15.4 Å². The highest BCUT2D eigenvalue weighted by molar-refractivity contribution is 5.97. The van der Waals surface area contributed by atoms with E-state index >= 15 is 0 Å². The van der Waals surface area contributed by atoms with Crippen molar-refractivity contribution >= 4 is 17.6 Å². The molecule has 0 saturated carbocycles. The van der Waals surface area contributed by atoms with E-state index in [4.69, 9.17) is 5.73 Å². The maximum absolute atomic E-state index is 12.1. The summed E-state index contributed by atoms with van der Waals surface area (Å²) in [6, 6.07) is 0. The zero-order valence-electron chi connectivity index (χ0n) is 11.1. The van der Waals surface area contributed by atoms with E-state index in [1.54, 1.807) is 21.0 Å². The molecule has 0 aliphatic heterocycles. The predicted octanol–water partition coefficient (Wildman–Crippen LogP) is -0.0542. The second-order valence-corrected chi connectivity index (χ2v) is 4.02. The highest BCUT2D eigenvalue weighted by atomic mass is 16.5. The van der Waals surface area contributed by atoms with Crippen LogP contribution in [0.1, 0.15) is 22.6 Å². The van der Waals surface area contributed by atoms with E-state index in [2.05, 4.69) is 9.84 Å². The molecule has 7 nitrogen and oxygen atoms in total. The van der Waals surface area contributed by atoms with Gasteiger partial charge in [0.25, 0.3) is 5.91 Å². The molecule has 0 radical (unpaired) electrons. The minimum Gasteiger partial charge on any atom is -0.469 e. The summed E-state index contributed by atoms with van der Waals surface area (Å²) in [4.78, 5) is 24.6. The predicted molar refractivity (Wildman–Crippen MR) is 66.0 cm³/mol. The Bertz CT molecular complexity index is 467. The van der Waals surface area contributed by atoms with Crippen molar-refractivity contribution in [2.45, 2.75) is 13.3 Å². The lowest BCUT2D eigenvalue weighted by molar-refractivity contribution is -0.140. The van der Waals surface area contributed by atoms with Crippen LogP contribution in [0.2, 0.25) is 0 Å². The van der Waals surface area contributed by atoms with Crippen molar-refractivity contribution in [1.29, 1.82) is 0 Å². The van der Waals surface area contributed by atoms with Crippen LogP contribution < -0.4 is 5.73 Å². The van der Waals surface area contributed by atoms with Crippen LogP contribution in [0.5, 0.6) is 0 Å². The maximum atomic E-state index is 12.1. The van der Waals surface area contributed by atoms with Crippen LogP contribution in [0.3, 0.4) is 0 Å². The average molecular weight is 254 g/mol. The molecular formula is C11H18N4O3. The molecule has 0 bridgehead atoms. The Morgan fingerprint density at radius 3 is 2.56 bits per heavy atom. The average Bonchev–Trinajstić information content (AvgIpc) is 2.59. The zero-order chi connectivity index (χ0) is 13.9. The Labute approximate surface area is 105 Å². The van der Waals surface area contributed by atoms with Gasteiger partial charge in [-0.25, -0.2) is 0 Å². The molecule has 2 N–H and O–H groups in total. The number of methoxy groups -OCH3 is 1. The second-order valence-electron chi connectivity index (χ2n) is 4.02. The topological polar surface area (TPSA) is 90.4 Å². The van der Waals surface area contributed by atoms with E-state index in [-0.39, 0.29) is 24.8 Å². The number of carbonyl (C=O) groups excluding carboxylic acids is 2. The lowest BCUT2D eigenvalue weighted by Crippen LogP contribution is -2.31. The molecule has 0 unspecified atom stereocenters. The number of carbonyl (C=O) groups is 2. The van der Waals surface area contributed by atoms with Crippen LogP contribution in [0.15, 0.2) is 0 Å². The van der Waals surface area contributed by atoms with E-state index in [0.717, 1.165) is 0 Å². The highest BCUT2D eigenvalue weighted by Crippen LogP contribution is 2.16. The summed E-state index contributed by atoms with van der Waals surface area (Å²) in [7, 11) is 4.57. The van der Waals surface area contributed by atoms with Gasteiger partial charge in [0.2, 0.25) is 0 Å². The molecule has 7 heteroatoms. The molecule has 0 aromatic carbocycles. The molecule has 1 aromatic rings. The van der Waals surface area contributed by atoms with E-state index in [9.17, 15) is 9.59 Å². The van der Waals surface area contributed by atoms with Gasteiger partial charge >= 0.3 is 5.97 Å². The fraction of sp³-hybridized carbons (Fsp3) is 0.545. The first-order valence-corrected chi connectivity index (χ1v) is 5.49. The molecule has 0 saturated heterocycles. The minimum absolute atomic E-state index is 0.148. The third kappa shape index (κ3) is 2.79. The summed E-state index contributed by atoms with van der Waals surface area (Å²) in [6.45, 7) is 2.01. The molecule has 1 aromatic heterocycles. The van der Waals surface area contributed by atoms with Gasteiger partial charge in [-0.1, -0.05) is 0 Å². The molecule has 1 rings (SSSR count). The first-order valence-electron chi connectivity index (χ1n) is 5.49. The van der Waals surface area contributed by atoms with Crippen molar-refractivity contribution in [3.63, 3.8) is 0 Å². The van der Waals surface area contributed by atoms with Crippen molar-refractivity contribution in [2.75, 3.05) is 26.4 Å². The van der Waals surface area contributed by atoms with Crippen molar-refractivity contribution in [3.8, 4) is 0 Å². The number of nitrogens with zero attached hydrogens (tertiary/aromatic N) is 3. The van der Waals surface area contributed by atoms with E-state index in [1.807, 2.05) is 0 Å². The number of esters is 1. The van der Waals surface area contributed by atoms with Crippen LogP contribution in [0.4, 0.5) is 5.69 Å². The van der Waals surface area contributed by atoms with Gasteiger partial charge in [0.1, 0.15) is 5.69 Å². The van der Waals surface area contributed by atoms with Gasteiger partial charge in [-0.15, -0.1) is 0 Å². The number of hydrogen-bond donors (Lipinski definition) is 1. The number of ether oxygens (including phenoxy) is 1. The molecule has 18 heavy (non-hydrogen) atoms. The molecule has 0 atom stereocenters. The molecule has 1 amide bonds. The van der Waals surface area contributed by atoms with Gasteiger partial charge in [0.15, 0.2) is 0 Å². The summed E-state index contributed by atoms with van der Waals surface area (Å²) in [5.41, 5.74) is 7.12. The molecule has 100 valence electrons. The zero-order valence-corrected chi connectivity index (χ0v) is 11.1.